The van der Waals surface area contributed by atoms with Gasteiger partial charge < -0.3 is 26.3 Å². The molecule has 8 nitrogen and oxygen atoms in total. The lowest BCUT2D eigenvalue weighted by Gasteiger charge is -2.27. The number of nitrogens with two attached hydrogens (primary N) is 1. The second-order valence-corrected chi connectivity index (χ2v) is 9.83. The normalized spacial score (nSPS) is 21.2. The molecule has 2 fully saturated rings. The minimum absolute atomic E-state index is 0.330. The summed E-state index contributed by atoms with van der Waals surface area (Å²) in [5, 5.41) is 10.6. The van der Waals surface area contributed by atoms with E-state index in [0.29, 0.717) is 24.1 Å². The first-order chi connectivity index (χ1) is 16.8. The van der Waals surface area contributed by atoms with E-state index in [1.807, 2.05) is 6.33 Å². The summed E-state index contributed by atoms with van der Waals surface area (Å²) in [6.45, 7) is 2.61. The van der Waals surface area contributed by atoms with E-state index < -0.39 is 0 Å². The third-order valence-electron chi connectivity index (χ3n) is 7.27. The summed E-state index contributed by atoms with van der Waals surface area (Å²) in [5.41, 5.74) is 9.27. The van der Waals surface area contributed by atoms with Crippen LogP contribution in [0.1, 0.15) is 63.0 Å². The minimum Gasteiger partial charge on any atom is -0.367 e. The maximum absolute atomic E-state index is 6.10. The van der Waals surface area contributed by atoms with Gasteiger partial charge in [-0.25, -0.2) is 4.98 Å². The number of aromatic nitrogens is 4. The van der Waals surface area contributed by atoms with E-state index in [4.69, 9.17) is 20.7 Å². The molecule has 2 saturated carbocycles. The number of benzene rings is 1. The molecule has 34 heavy (non-hydrogen) atoms. The molecular weight excluding hydrogens is 424 g/mol. The molecule has 5 N–H and O–H groups in total. The highest BCUT2D eigenvalue weighted by molar-refractivity contribution is 5.84. The predicted molar refractivity (Wildman–Crippen MR) is 138 cm³/mol. The summed E-state index contributed by atoms with van der Waals surface area (Å²) in [6, 6.07) is 11.8. The Morgan fingerprint density at radius 2 is 1.71 bits per heavy atom. The predicted octanol–water partition coefficient (Wildman–Crippen LogP) is 3.87. The van der Waals surface area contributed by atoms with Crippen molar-refractivity contribution < 1.29 is 0 Å². The quantitative estimate of drug-likeness (QED) is 0.339. The van der Waals surface area contributed by atoms with Crippen LogP contribution in [0.15, 0.2) is 36.7 Å². The molecule has 0 unspecified atom stereocenters. The van der Waals surface area contributed by atoms with Gasteiger partial charge in [-0.05, 0) is 57.1 Å². The van der Waals surface area contributed by atoms with Gasteiger partial charge in [0.05, 0.1) is 6.33 Å². The van der Waals surface area contributed by atoms with E-state index in [1.54, 1.807) is 0 Å². The minimum atomic E-state index is 0.330. The molecule has 0 saturated heterocycles. The van der Waals surface area contributed by atoms with E-state index in [2.05, 4.69) is 50.8 Å². The second-order valence-electron chi connectivity index (χ2n) is 9.83. The van der Waals surface area contributed by atoms with Crippen molar-refractivity contribution in [2.24, 2.45) is 5.73 Å². The number of nitrogens with zero attached hydrogens (tertiary/aromatic N) is 4. The monoisotopic (exact) mass is 462 g/mol. The molecule has 0 aliphatic heterocycles. The van der Waals surface area contributed by atoms with E-state index in [9.17, 15) is 0 Å². The zero-order valence-electron chi connectivity index (χ0n) is 20.0. The molecule has 1 aromatic carbocycles. The first-order valence-electron chi connectivity index (χ1n) is 13.0. The van der Waals surface area contributed by atoms with Crippen LogP contribution in [0.4, 0.5) is 11.8 Å². The lowest BCUT2D eigenvalue weighted by Crippen LogP contribution is -2.33. The number of hydrogen-bond acceptors (Lipinski definition) is 7. The third kappa shape index (κ3) is 5.67. The fraction of sp³-hybridized carbons (Fsp3) is 0.577. The molecule has 0 radical (unpaired) electrons. The highest BCUT2D eigenvalue weighted by atomic mass is 15.2. The smallest absolute Gasteiger partial charge is 0.227 e. The highest BCUT2D eigenvalue weighted by Gasteiger charge is 2.23. The average Bonchev–Trinajstić information content (AvgIpc) is 3.53. The van der Waals surface area contributed by atoms with Crippen molar-refractivity contribution in [3.8, 4) is 0 Å². The zero-order valence-corrected chi connectivity index (χ0v) is 20.0. The van der Waals surface area contributed by atoms with Crippen molar-refractivity contribution in [2.75, 3.05) is 30.3 Å². The van der Waals surface area contributed by atoms with Crippen LogP contribution in [0.3, 0.4) is 0 Å². The largest absolute Gasteiger partial charge is 0.367 e. The van der Waals surface area contributed by atoms with Crippen LogP contribution in [0.25, 0.3) is 11.2 Å². The fourth-order valence-electron chi connectivity index (χ4n) is 5.27. The summed E-state index contributed by atoms with van der Waals surface area (Å²) in [4.78, 5) is 14.5. The molecule has 2 aliphatic rings. The number of fused-ring (bicyclic) bond motifs is 1. The van der Waals surface area contributed by atoms with E-state index in [0.717, 1.165) is 68.7 Å². The third-order valence-corrected chi connectivity index (χ3v) is 7.27. The molecule has 2 aliphatic carbocycles. The van der Waals surface area contributed by atoms with Crippen molar-refractivity contribution in [3.63, 3.8) is 0 Å². The molecule has 2 aromatic heterocycles. The Morgan fingerprint density at radius 1 is 0.912 bits per heavy atom. The van der Waals surface area contributed by atoms with Crippen molar-refractivity contribution >= 4 is 22.9 Å². The van der Waals surface area contributed by atoms with Crippen molar-refractivity contribution in [2.45, 2.75) is 75.9 Å². The zero-order chi connectivity index (χ0) is 23.2. The van der Waals surface area contributed by atoms with Crippen LogP contribution in [-0.4, -0.2) is 51.2 Å². The summed E-state index contributed by atoms with van der Waals surface area (Å²) in [5.74, 6) is 1.52. The summed E-state index contributed by atoms with van der Waals surface area (Å²) in [6.07, 6.45) is 12.2. The number of hydrogen-bond donors (Lipinski definition) is 4. The van der Waals surface area contributed by atoms with Gasteiger partial charge in [0.25, 0.3) is 0 Å². The fourth-order valence-corrected chi connectivity index (χ4v) is 5.27. The highest BCUT2D eigenvalue weighted by Crippen LogP contribution is 2.33. The van der Waals surface area contributed by atoms with Gasteiger partial charge in [-0.1, -0.05) is 43.2 Å². The van der Waals surface area contributed by atoms with Gasteiger partial charge in [-0.2, -0.15) is 9.97 Å². The number of rotatable bonds is 10. The SMILES string of the molecule is N[C@H]1CC[C@H](Nc2nc(NCCNCCc3ccccc3)c3ncn(C4CCCC4)c3n2)CC1. The van der Waals surface area contributed by atoms with Gasteiger partial charge in [0, 0.05) is 31.2 Å². The lowest BCUT2D eigenvalue weighted by molar-refractivity contribution is 0.410. The maximum atomic E-state index is 6.10. The topological polar surface area (TPSA) is 106 Å². The van der Waals surface area contributed by atoms with E-state index in [-0.39, 0.29) is 0 Å². The van der Waals surface area contributed by atoms with E-state index in [1.165, 1.54) is 31.2 Å². The van der Waals surface area contributed by atoms with Gasteiger partial charge in [-0.15, -0.1) is 0 Å². The average molecular weight is 463 g/mol. The number of anilines is 2. The summed E-state index contributed by atoms with van der Waals surface area (Å²) >= 11 is 0. The van der Waals surface area contributed by atoms with Gasteiger partial charge in [-0.3, -0.25) is 0 Å². The van der Waals surface area contributed by atoms with Gasteiger partial charge >= 0.3 is 0 Å². The van der Waals surface area contributed by atoms with Crippen LogP contribution >= 0.6 is 0 Å². The Morgan fingerprint density at radius 3 is 2.50 bits per heavy atom. The summed E-state index contributed by atoms with van der Waals surface area (Å²) in [7, 11) is 0. The summed E-state index contributed by atoms with van der Waals surface area (Å²) < 4.78 is 2.27. The Balaban J connectivity index is 1.25. The second kappa shape index (κ2) is 11.1. The van der Waals surface area contributed by atoms with Crippen LogP contribution in [0.5, 0.6) is 0 Å². The molecule has 0 amide bonds. The van der Waals surface area contributed by atoms with Gasteiger partial charge in [0.1, 0.15) is 0 Å². The molecule has 182 valence electrons. The van der Waals surface area contributed by atoms with Crippen LogP contribution < -0.4 is 21.7 Å². The Hall–Kier alpha value is -2.71. The van der Waals surface area contributed by atoms with Crippen LogP contribution in [0, 0.1) is 0 Å². The van der Waals surface area contributed by atoms with Crippen LogP contribution in [-0.2, 0) is 6.42 Å². The van der Waals surface area contributed by atoms with Crippen molar-refractivity contribution in [1.82, 2.24) is 24.8 Å². The van der Waals surface area contributed by atoms with E-state index >= 15 is 0 Å². The number of nitrogens with one attached hydrogen (secondary N) is 3. The van der Waals surface area contributed by atoms with Crippen molar-refractivity contribution in [1.29, 1.82) is 0 Å². The molecule has 2 heterocycles. The Kier molecular flexibility index (Phi) is 7.56. The molecule has 5 rings (SSSR count). The van der Waals surface area contributed by atoms with Crippen LogP contribution in [0.2, 0.25) is 0 Å². The molecule has 0 atom stereocenters. The molecule has 0 bridgehead atoms. The Bertz CT molecular complexity index is 1040. The molecule has 0 spiro atoms. The molecule has 3 aromatic rings. The standard InChI is InChI=1S/C26H38N8/c27-20-10-12-21(13-11-20)31-26-32-24(29-17-16-28-15-14-19-6-2-1-3-7-19)23-25(33-26)34(18-30-23)22-8-4-5-9-22/h1-3,6-7,18,20-22,28H,4-5,8-17,27H2,(H2,29,31,32,33)/t20-,21-. The maximum Gasteiger partial charge on any atom is 0.227 e. The molecular formula is C26H38N8. The van der Waals surface area contributed by atoms with Gasteiger partial charge in [0.15, 0.2) is 17.0 Å². The van der Waals surface area contributed by atoms with Crippen molar-refractivity contribution in [3.05, 3.63) is 42.2 Å². The molecule has 8 heteroatoms. The first-order valence-corrected chi connectivity index (χ1v) is 13.0. The number of imidazole rings is 1. The van der Waals surface area contributed by atoms with Gasteiger partial charge in [0.2, 0.25) is 5.95 Å². The lowest BCUT2D eigenvalue weighted by atomic mass is 9.92. The first kappa shape index (κ1) is 23.1. The Labute approximate surface area is 202 Å².